The lowest BCUT2D eigenvalue weighted by atomic mass is 9.95. The van der Waals surface area contributed by atoms with Crippen molar-refractivity contribution in [3.05, 3.63) is 34.3 Å². The molecule has 1 aromatic rings. The van der Waals surface area contributed by atoms with Crippen LogP contribution < -0.4 is 11.1 Å². The zero-order valence-corrected chi connectivity index (χ0v) is 11.7. The van der Waals surface area contributed by atoms with Crippen molar-refractivity contribution >= 4 is 39.7 Å². The summed E-state index contributed by atoms with van der Waals surface area (Å²) in [5, 5.41) is 2.04. The molecule has 0 saturated carbocycles. The van der Waals surface area contributed by atoms with Gasteiger partial charge in [0.05, 0.1) is 0 Å². The first kappa shape index (κ1) is 14.2. The summed E-state index contributed by atoms with van der Waals surface area (Å²) in [5.41, 5.74) is 5.41. The summed E-state index contributed by atoms with van der Waals surface area (Å²) in [6.45, 7) is -0.567. The van der Waals surface area contributed by atoms with Gasteiger partial charge in [-0.1, -0.05) is 28.1 Å². The number of amides is 5. The monoisotopic (exact) mass is 339 g/mol. The molecule has 1 aliphatic heterocycles. The van der Waals surface area contributed by atoms with Gasteiger partial charge in [0.15, 0.2) is 0 Å². The number of hydrogen-bond donors (Lipinski definition) is 2. The Kier molecular flexibility index (Phi) is 3.84. The van der Waals surface area contributed by atoms with Crippen molar-refractivity contribution in [3.63, 3.8) is 0 Å². The van der Waals surface area contributed by atoms with E-state index in [9.17, 15) is 19.2 Å². The first-order valence-corrected chi connectivity index (χ1v) is 6.39. The lowest BCUT2D eigenvalue weighted by Gasteiger charge is -2.29. The molecule has 1 atom stereocenters. The van der Waals surface area contributed by atoms with Gasteiger partial charge in [-0.15, -0.1) is 0 Å². The van der Waals surface area contributed by atoms with E-state index in [1.807, 2.05) is 5.32 Å². The van der Waals surface area contributed by atoms with Crippen LogP contribution in [0, 0.1) is 0 Å². The van der Waals surface area contributed by atoms with E-state index in [0.29, 0.717) is 14.9 Å². The van der Waals surface area contributed by atoms with Crippen LogP contribution in [0.4, 0.5) is 4.79 Å². The van der Waals surface area contributed by atoms with Crippen LogP contribution in [0.15, 0.2) is 28.7 Å². The summed E-state index contributed by atoms with van der Waals surface area (Å²) >= 11 is 3.24. The van der Waals surface area contributed by atoms with Crippen LogP contribution in [0.2, 0.25) is 0 Å². The maximum atomic E-state index is 12.2. The molecule has 2 rings (SSSR count). The van der Waals surface area contributed by atoms with Gasteiger partial charge >= 0.3 is 6.03 Å². The second-order valence-electron chi connectivity index (χ2n) is 4.17. The van der Waals surface area contributed by atoms with Gasteiger partial charge in [0.25, 0.3) is 0 Å². The number of barbiturate groups is 1. The topological polar surface area (TPSA) is 110 Å². The van der Waals surface area contributed by atoms with Crippen LogP contribution in [0.25, 0.3) is 0 Å². The molecular formula is C12H10BrN3O4. The Morgan fingerprint density at radius 1 is 1.35 bits per heavy atom. The Bertz CT molecular complexity index is 616. The second kappa shape index (κ2) is 5.41. The molecule has 1 heterocycles. The summed E-state index contributed by atoms with van der Waals surface area (Å²) in [6, 6.07) is 5.64. The number of carbonyl (C=O) groups is 4. The third kappa shape index (κ3) is 2.69. The molecule has 1 aromatic carbocycles. The van der Waals surface area contributed by atoms with Crippen molar-refractivity contribution in [1.82, 2.24) is 10.2 Å². The first-order valence-electron chi connectivity index (χ1n) is 5.60. The highest BCUT2D eigenvalue weighted by Gasteiger charge is 2.41. The van der Waals surface area contributed by atoms with Gasteiger partial charge in [-0.2, -0.15) is 0 Å². The fraction of sp³-hybridized carbons (Fsp3) is 0.167. The summed E-state index contributed by atoms with van der Waals surface area (Å²) in [4.78, 5) is 47.1. The maximum absolute atomic E-state index is 12.2. The zero-order valence-electron chi connectivity index (χ0n) is 10.1. The summed E-state index contributed by atoms with van der Waals surface area (Å²) < 4.78 is 0.689. The molecule has 5 amide bonds. The number of carbonyl (C=O) groups excluding carboxylic acids is 4. The minimum Gasteiger partial charge on any atom is -0.368 e. The Labute approximate surface area is 122 Å². The Morgan fingerprint density at radius 3 is 2.65 bits per heavy atom. The predicted molar refractivity (Wildman–Crippen MR) is 71.3 cm³/mol. The standard InChI is InChI=1S/C12H10BrN3O4/c13-7-3-1-2-6(4-7)9-10(18)15-12(20)16(11(9)19)5-8(14)17/h1-4,9H,5H2,(H2,14,17)(H,15,18,20). The van der Waals surface area contributed by atoms with Crippen molar-refractivity contribution in [3.8, 4) is 0 Å². The molecule has 0 aromatic heterocycles. The molecule has 20 heavy (non-hydrogen) atoms. The number of nitrogens with two attached hydrogens (primary N) is 1. The van der Waals surface area contributed by atoms with E-state index in [4.69, 9.17) is 5.73 Å². The lowest BCUT2D eigenvalue weighted by Crippen LogP contribution is -2.58. The first-order chi connectivity index (χ1) is 9.40. The van der Waals surface area contributed by atoms with Crippen molar-refractivity contribution in [2.24, 2.45) is 5.73 Å². The summed E-state index contributed by atoms with van der Waals surface area (Å²) in [5.74, 6) is -3.50. The van der Waals surface area contributed by atoms with Crippen LogP contribution in [-0.2, 0) is 14.4 Å². The SMILES string of the molecule is NC(=O)CN1C(=O)NC(=O)C(c2cccc(Br)c2)C1=O. The summed E-state index contributed by atoms with van der Waals surface area (Å²) in [7, 11) is 0. The number of hydrogen-bond acceptors (Lipinski definition) is 4. The smallest absolute Gasteiger partial charge is 0.331 e. The molecule has 1 aliphatic rings. The van der Waals surface area contributed by atoms with Crippen molar-refractivity contribution < 1.29 is 19.2 Å². The molecule has 1 saturated heterocycles. The quantitative estimate of drug-likeness (QED) is 0.760. The largest absolute Gasteiger partial charge is 0.368 e. The molecule has 1 unspecified atom stereocenters. The van der Waals surface area contributed by atoms with Gasteiger partial charge in [-0.05, 0) is 17.7 Å². The van der Waals surface area contributed by atoms with E-state index in [1.54, 1.807) is 24.3 Å². The number of benzene rings is 1. The third-order valence-corrected chi connectivity index (χ3v) is 3.24. The third-order valence-electron chi connectivity index (χ3n) is 2.75. The van der Waals surface area contributed by atoms with E-state index in [1.165, 1.54) is 0 Å². The minimum atomic E-state index is -1.18. The van der Waals surface area contributed by atoms with E-state index < -0.39 is 36.2 Å². The average molecular weight is 340 g/mol. The lowest BCUT2D eigenvalue weighted by molar-refractivity contribution is -0.140. The van der Waals surface area contributed by atoms with Gasteiger partial charge in [-0.3, -0.25) is 24.6 Å². The molecule has 7 nitrogen and oxygen atoms in total. The molecule has 104 valence electrons. The number of halogens is 1. The Morgan fingerprint density at radius 2 is 2.05 bits per heavy atom. The Hall–Kier alpha value is -2.22. The molecular weight excluding hydrogens is 330 g/mol. The number of nitrogens with one attached hydrogen (secondary N) is 1. The number of nitrogens with zero attached hydrogens (tertiary/aromatic N) is 1. The van der Waals surface area contributed by atoms with Crippen molar-refractivity contribution in [1.29, 1.82) is 0 Å². The van der Waals surface area contributed by atoms with Gasteiger partial charge in [0, 0.05) is 4.47 Å². The molecule has 0 radical (unpaired) electrons. The van der Waals surface area contributed by atoms with E-state index in [2.05, 4.69) is 15.9 Å². The van der Waals surface area contributed by atoms with Gasteiger partial charge < -0.3 is 5.73 Å². The fourth-order valence-corrected chi connectivity index (χ4v) is 2.32. The molecule has 0 aliphatic carbocycles. The van der Waals surface area contributed by atoms with Crippen LogP contribution >= 0.6 is 15.9 Å². The number of urea groups is 1. The highest BCUT2D eigenvalue weighted by Crippen LogP contribution is 2.24. The van der Waals surface area contributed by atoms with Crippen molar-refractivity contribution in [2.75, 3.05) is 6.54 Å². The van der Waals surface area contributed by atoms with E-state index in [0.717, 1.165) is 0 Å². The minimum absolute atomic E-state index is 0.420. The predicted octanol–water partition coefficient (Wildman–Crippen LogP) is 0.0964. The highest BCUT2D eigenvalue weighted by atomic mass is 79.9. The van der Waals surface area contributed by atoms with E-state index >= 15 is 0 Å². The zero-order chi connectivity index (χ0) is 14.9. The normalized spacial score (nSPS) is 18.9. The van der Waals surface area contributed by atoms with Crippen LogP contribution in [0.1, 0.15) is 11.5 Å². The average Bonchev–Trinajstić information content (AvgIpc) is 2.34. The van der Waals surface area contributed by atoms with Gasteiger partial charge in [0.2, 0.25) is 17.7 Å². The molecule has 3 N–H and O–H groups in total. The molecule has 8 heteroatoms. The summed E-state index contributed by atoms with van der Waals surface area (Å²) in [6.07, 6.45) is 0. The Balaban J connectivity index is 2.37. The number of imide groups is 2. The van der Waals surface area contributed by atoms with E-state index in [-0.39, 0.29) is 0 Å². The van der Waals surface area contributed by atoms with Crippen LogP contribution in [0.3, 0.4) is 0 Å². The molecule has 1 fully saturated rings. The molecule has 0 spiro atoms. The van der Waals surface area contributed by atoms with Crippen molar-refractivity contribution in [2.45, 2.75) is 5.92 Å². The van der Waals surface area contributed by atoms with Crippen LogP contribution in [-0.4, -0.2) is 35.2 Å². The molecule has 0 bridgehead atoms. The highest BCUT2D eigenvalue weighted by molar-refractivity contribution is 9.10. The van der Waals surface area contributed by atoms with Gasteiger partial charge in [-0.25, -0.2) is 4.79 Å². The van der Waals surface area contributed by atoms with Crippen LogP contribution in [0.5, 0.6) is 0 Å². The number of primary amides is 1. The maximum Gasteiger partial charge on any atom is 0.331 e. The number of rotatable bonds is 3. The second-order valence-corrected chi connectivity index (χ2v) is 5.09. The van der Waals surface area contributed by atoms with Gasteiger partial charge in [0.1, 0.15) is 12.5 Å². The fourth-order valence-electron chi connectivity index (χ4n) is 1.90.